The highest BCUT2D eigenvalue weighted by molar-refractivity contribution is 6.62. The number of nitrogens with zero attached hydrogens (tertiary/aromatic N) is 2. The first-order chi connectivity index (χ1) is 14.6. The van der Waals surface area contributed by atoms with Crippen molar-refractivity contribution in [3.63, 3.8) is 0 Å². The predicted molar refractivity (Wildman–Crippen MR) is 131 cm³/mol. The Hall–Kier alpha value is -2.73. The van der Waals surface area contributed by atoms with Crippen LogP contribution in [0.4, 0.5) is 0 Å². The molecule has 0 bridgehead atoms. The number of para-hydroxylation sites is 1. The van der Waals surface area contributed by atoms with E-state index in [0.29, 0.717) is 33.6 Å². The van der Waals surface area contributed by atoms with E-state index < -0.39 is 5.21 Å². The van der Waals surface area contributed by atoms with Crippen LogP contribution < -0.4 is 22.0 Å². The van der Waals surface area contributed by atoms with Crippen molar-refractivity contribution >= 4 is 91.0 Å². The van der Waals surface area contributed by atoms with Gasteiger partial charge in [-0.25, -0.2) is 0 Å². The first-order valence-corrected chi connectivity index (χ1v) is 9.66. The number of aromatic nitrogens is 1. The van der Waals surface area contributed by atoms with Gasteiger partial charge >= 0.3 is 0 Å². The molecule has 0 N–H and O–H groups in total. The van der Waals surface area contributed by atoms with Crippen molar-refractivity contribution in [1.82, 2.24) is 4.98 Å². The molecule has 2 aromatic heterocycles. The van der Waals surface area contributed by atoms with Crippen molar-refractivity contribution in [1.29, 1.82) is 5.26 Å². The van der Waals surface area contributed by atoms with E-state index in [1.807, 2.05) is 32.0 Å². The zero-order valence-electron chi connectivity index (χ0n) is 17.2. The van der Waals surface area contributed by atoms with Gasteiger partial charge in [0.2, 0.25) is 0 Å². The number of hydrogen-bond acceptors (Lipinski definition) is 3. The Kier molecular flexibility index (Phi) is 5.16. The molecule has 2 aromatic carbocycles. The van der Waals surface area contributed by atoms with E-state index in [-0.39, 0.29) is 27.9 Å². The highest BCUT2D eigenvalue weighted by atomic mass is 16.3. The summed E-state index contributed by atoms with van der Waals surface area (Å²) in [6, 6.07) is 11.2. The van der Waals surface area contributed by atoms with Gasteiger partial charge < -0.3 is 4.42 Å². The fourth-order valence-corrected chi connectivity index (χ4v) is 3.72. The van der Waals surface area contributed by atoms with Crippen molar-refractivity contribution in [3.05, 3.63) is 41.5 Å². The van der Waals surface area contributed by atoms with E-state index in [0.717, 1.165) is 10.8 Å². The number of fused-ring (bicyclic) bond motifs is 3. The monoisotopic (exact) mass is 386 g/mol. The van der Waals surface area contributed by atoms with Crippen LogP contribution in [0.3, 0.4) is 0 Å². The van der Waals surface area contributed by atoms with Crippen molar-refractivity contribution in [2.45, 2.75) is 19.1 Å². The molecular formula is C22H12B6N2O. The minimum atomic E-state index is -1.29. The van der Waals surface area contributed by atoms with Crippen LogP contribution in [0.25, 0.3) is 33.2 Å². The van der Waals surface area contributed by atoms with Gasteiger partial charge in [0.05, 0.1) is 33.0 Å². The van der Waals surface area contributed by atoms with Crippen LogP contribution >= 0.6 is 0 Å². The highest BCUT2D eigenvalue weighted by Crippen LogP contribution is 2.41. The Morgan fingerprint density at radius 1 is 0.935 bits per heavy atom. The van der Waals surface area contributed by atoms with Crippen LogP contribution in [0.5, 0.6) is 0 Å². The summed E-state index contributed by atoms with van der Waals surface area (Å²) in [7, 11) is 36.9. The van der Waals surface area contributed by atoms with Crippen molar-refractivity contribution in [3.8, 4) is 17.3 Å². The molecule has 0 fully saturated rings. The maximum atomic E-state index is 9.69. The molecule has 0 aliphatic carbocycles. The number of benzene rings is 2. The summed E-state index contributed by atoms with van der Waals surface area (Å²) in [5, 5.41) is 9.95. The van der Waals surface area contributed by atoms with Gasteiger partial charge in [-0.3, -0.25) is 4.98 Å². The van der Waals surface area contributed by atoms with Crippen molar-refractivity contribution in [2.75, 3.05) is 0 Å². The average molecular weight is 385 g/mol. The summed E-state index contributed by atoms with van der Waals surface area (Å²) in [5.41, 5.74) is 3.23. The lowest BCUT2D eigenvalue weighted by atomic mass is 9.45. The van der Waals surface area contributed by atoms with Gasteiger partial charge in [-0.15, -0.1) is 5.46 Å². The molecule has 134 valence electrons. The third-order valence-corrected chi connectivity index (χ3v) is 5.77. The molecular weight excluding hydrogens is 373 g/mol. The van der Waals surface area contributed by atoms with Gasteiger partial charge in [0.1, 0.15) is 42.6 Å². The number of hydrogen-bond donors (Lipinski definition) is 0. The van der Waals surface area contributed by atoms with E-state index in [2.05, 4.69) is 11.1 Å². The van der Waals surface area contributed by atoms with Gasteiger partial charge in [-0.1, -0.05) is 48.0 Å². The van der Waals surface area contributed by atoms with Crippen molar-refractivity contribution in [2.24, 2.45) is 5.92 Å². The maximum Gasteiger partial charge on any atom is 0.144 e. The lowest BCUT2D eigenvalue weighted by Crippen LogP contribution is -2.49. The van der Waals surface area contributed by atoms with Gasteiger partial charge in [0.15, 0.2) is 0 Å². The van der Waals surface area contributed by atoms with Gasteiger partial charge in [-0.2, -0.15) is 5.26 Å². The Morgan fingerprint density at radius 3 is 2.26 bits per heavy atom. The molecule has 0 aliphatic rings. The zero-order chi connectivity index (χ0) is 22.7. The van der Waals surface area contributed by atoms with E-state index in [1.54, 1.807) is 12.1 Å². The van der Waals surface area contributed by atoms with E-state index in [1.165, 1.54) is 0 Å². The SMILES string of the molecule is [B]c1nc(-c2cccc3c2oc2c(C([B])([B])C(C)C)c(C#N)ccc23)c([B])c([B])c1[B]. The van der Waals surface area contributed by atoms with E-state index in [4.69, 9.17) is 51.5 Å². The van der Waals surface area contributed by atoms with Gasteiger partial charge in [0.25, 0.3) is 0 Å². The predicted octanol–water partition coefficient (Wildman–Crippen LogP) is -0.159. The third-order valence-electron chi connectivity index (χ3n) is 5.77. The Bertz CT molecular complexity index is 1400. The summed E-state index contributed by atoms with van der Waals surface area (Å²) in [6.45, 7) is 3.78. The summed E-state index contributed by atoms with van der Waals surface area (Å²) < 4.78 is 6.29. The van der Waals surface area contributed by atoms with Crippen LogP contribution in [0.1, 0.15) is 25.0 Å². The molecule has 9 heteroatoms. The summed E-state index contributed by atoms with van der Waals surface area (Å²) in [6.07, 6.45) is 0. The number of pyridine rings is 1. The Balaban J connectivity index is 2.14. The molecule has 12 radical (unpaired) electrons. The molecule has 2 heterocycles. The average Bonchev–Trinajstić information content (AvgIpc) is 3.12. The molecule has 3 nitrogen and oxygen atoms in total. The number of rotatable bonds is 3. The normalized spacial score (nSPS) is 11.9. The van der Waals surface area contributed by atoms with Crippen LogP contribution in [0, 0.1) is 17.2 Å². The number of nitriles is 1. The molecule has 0 aliphatic heterocycles. The Labute approximate surface area is 189 Å². The second kappa shape index (κ2) is 7.45. The van der Waals surface area contributed by atoms with E-state index >= 15 is 0 Å². The fraction of sp³-hybridized carbons (Fsp3) is 0.182. The lowest BCUT2D eigenvalue weighted by Gasteiger charge is -2.31. The van der Waals surface area contributed by atoms with Crippen LogP contribution in [0.2, 0.25) is 0 Å². The minimum Gasteiger partial charge on any atom is -0.455 e. The van der Waals surface area contributed by atoms with Crippen LogP contribution in [-0.2, 0) is 5.21 Å². The molecule has 0 atom stereocenters. The summed E-state index contributed by atoms with van der Waals surface area (Å²) >= 11 is 0. The molecule has 0 saturated heterocycles. The quantitative estimate of drug-likeness (QED) is 0.461. The fourth-order valence-electron chi connectivity index (χ4n) is 3.72. The highest BCUT2D eigenvalue weighted by Gasteiger charge is 2.31. The standard InChI is InChI=1S/C22H12B6N2O/c1-9(2)22(27,28)14-10(8-29)6-7-12-11-4-3-5-13(19(11)31-20(12)14)18-16(24)15(23)17(25)21(26)30-18/h3-7,9H,1-2H3. The second-order valence-corrected chi connectivity index (χ2v) is 7.94. The third kappa shape index (κ3) is 3.16. The van der Waals surface area contributed by atoms with Crippen molar-refractivity contribution < 1.29 is 4.42 Å². The van der Waals surface area contributed by atoms with E-state index in [9.17, 15) is 5.26 Å². The summed E-state index contributed by atoms with van der Waals surface area (Å²) in [5.74, 6) is -0.160. The second-order valence-electron chi connectivity index (χ2n) is 7.94. The molecule has 31 heavy (non-hydrogen) atoms. The topological polar surface area (TPSA) is 49.8 Å². The smallest absolute Gasteiger partial charge is 0.144 e. The maximum absolute atomic E-state index is 9.69. The van der Waals surface area contributed by atoms with Gasteiger partial charge in [-0.05, 0) is 23.8 Å². The summed E-state index contributed by atoms with van der Waals surface area (Å²) in [4.78, 5) is 4.34. The van der Waals surface area contributed by atoms with Crippen LogP contribution in [0.15, 0.2) is 34.7 Å². The largest absolute Gasteiger partial charge is 0.455 e. The molecule has 4 rings (SSSR count). The molecule has 0 saturated carbocycles. The Morgan fingerprint density at radius 2 is 1.61 bits per heavy atom. The van der Waals surface area contributed by atoms with Crippen LogP contribution in [-0.4, -0.2) is 52.1 Å². The zero-order valence-corrected chi connectivity index (χ0v) is 17.2. The number of furan rings is 1. The lowest BCUT2D eigenvalue weighted by molar-refractivity contribution is 0.560. The minimum absolute atomic E-state index is 0.0741. The molecule has 0 spiro atoms. The molecule has 0 amide bonds. The molecule has 0 unspecified atom stereocenters. The first kappa shape index (κ1) is 21.5. The molecule has 4 aromatic rings. The van der Waals surface area contributed by atoms with Gasteiger partial charge in [0, 0.05) is 21.9 Å². The first-order valence-electron chi connectivity index (χ1n) is 9.66.